The summed E-state index contributed by atoms with van der Waals surface area (Å²) in [5.41, 5.74) is -1.25. The van der Waals surface area contributed by atoms with E-state index < -0.39 is 11.6 Å². The Morgan fingerprint density at radius 3 is 1.91 bits per heavy atom. The Hall–Kier alpha value is 0.140. The highest BCUT2D eigenvalue weighted by atomic mass is 32.2. The topological polar surface area (TPSA) is 0 Å². The molecule has 0 atom stereocenters. The lowest BCUT2D eigenvalue weighted by Crippen LogP contribution is -2.70. The minimum atomic E-state index is -3.94. The van der Waals surface area contributed by atoms with E-state index in [-0.39, 0.29) is 4.75 Å². The monoisotopic (exact) mass is 182 g/mol. The van der Waals surface area contributed by atoms with Gasteiger partial charge in [-0.15, -0.1) is 0 Å². The normalized spacial score (nSPS) is 48.0. The fourth-order valence-electron chi connectivity index (χ4n) is 2.21. The molecule has 0 radical (unpaired) electrons. The van der Waals surface area contributed by atoms with Crippen LogP contribution in [-0.2, 0) is 0 Å². The van der Waals surface area contributed by atoms with E-state index in [4.69, 9.17) is 0 Å². The van der Waals surface area contributed by atoms with Gasteiger partial charge in [0.1, 0.15) is 0 Å². The first-order chi connectivity index (χ1) is 4.93. The highest BCUT2D eigenvalue weighted by molar-refractivity contribution is 8.00. The van der Waals surface area contributed by atoms with Crippen molar-refractivity contribution in [3.8, 4) is 0 Å². The van der Waals surface area contributed by atoms with Gasteiger partial charge in [0.25, 0.3) is 0 Å². The predicted octanol–water partition coefficient (Wildman–Crippen LogP) is 2.83. The van der Waals surface area contributed by atoms with Crippen LogP contribution in [0.2, 0.25) is 0 Å². The van der Waals surface area contributed by atoms with Crippen molar-refractivity contribution in [1.82, 2.24) is 0 Å². The minimum Gasteiger partial charge on any atom is -0.171 e. The Morgan fingerprint density at radius 1 is 1.18 bits per heavy atom. The van der Waals surface area contributed by atoms with Crippen LogP contribution in [-0.4, -0.2) is 17.2 Å². The molecule has 3 aliphatic rings. The molecule has 0 aromatic rings. The van der Waals surface area contributed by atoms with Gasteiger partial charge in [-0.1, -0.05) is 0 Å². The Balaban J connectivity index is 2.04. The van der Waals surface area contributed by atoms with Crippen LogP contribution in [0.1, 0.15) is 19.3 Å². The maximum absolute atomic E-state index is 12.2. The Morgan fingerprint density at radius 2 is 1.64 bits per heavy atom. The van der Waals surface area contributed by atoms with Gasteiger partial charge in [-0.05, 0) is 25.5 Å². The molecular formula is C7H9F3S. The van der Waals surface area contributed by atoms with E-state index in [0.29, 0.717) is 19.3 Å². The molecule has 0 unspecified atom stereocenters. The second-order valence-corrected chi connectivity index (χ2v) is 4.97. The molecular weight excluding hydrogens is 173 g/mol. The second-order valence-electron chi connectivity index (χ2n) is 3.70. The summed E-state index contributed by atoms with van der Waals surface area (Å²) in [6.07, 6.45) is -0.941. The largest absolute Gasteiger partial charge is 0.394 e. The van der Waals surface area contributed by atoms with Gasteiger partial charge in [-0.2, -0.15) is 24.9 Å². The predicted molar refractivity (Wildman–Crippen MR) is 38.6 cm³/mol. The Bertz CT molecular complexity index is 177. The fraction of sp³-hybridized carbons (Fsp3) is 1.00. The first-order valence-electron chi connectivity index (χ1n) is 3.55. The van der Waals surface area contributed by atoms with Crippen molar-refractivity contribution in [2.24, 2.45) is 5.41 Å². The molecule has 0 nitrogen and oxygen atoms in total. The molecule has 0 aromatic carbocycles. The summed E-state index contributed by atoms with van der Waals surface area (Å²) >= 11 is 1.59. The van der Waals surface area contributed by atoms with Crippen molar-refractivity contribution in [1.29, 1.82) is 0 Å². The molecule has 64 valence electrons. The quantitative estimate of drug-likeness (QED) is 0.601. The third-order valence-corrected chi connectivity index (χ3v) is 4.32. The van der Waals surface area contributed by atoms with Gasteiger partial charge in [0, 0.05) is 4.75 Å². The molecule has 0 aromatic heterocycles. The molecule has 0 spiro atoms. The van der Waals surface area contributed by atoms with Crippen LogP contribution in [0.5, 0.6) is 0 Å². The van der Waals surface area contributed by atoms with Gasteiger partial charge < -0.3 is 0 Å². The van der Waals surface area contributed by atoms with E-state index in [1.165, 1.54) is 0 Å². The van der Waals surface area contributed by atoms with Crippen LogP contribution in [0.3, 0.4) is 0 Å². The summed E-state index contributed by atoms with van der Waals surface area (Å²) in [7, 11) is 0. The number of thioether (sulfide) groups is 1. The average Bonchev–Trinajstić information content (AvgIpc) is 1.53. The van der Waals surface area contributed by atoms with Gasteiger partial charge in [-0.3, -0.25) is 0 Å². The molecule has 3 rings (SSSR count). The zero-order valence-electron chi connectivity index (χ0n) is 6.16. The third-order valence-electron chi connectivity index (χ3n) is 3.02. The number of hydrogen-bond acceptors (Lipinski definition) is 1. The average molecular weight is 182 g/mol. The summed E-state index contributed by atoms with van der Waals surface area (Å²) in [6, 6.07) is 0. The van der Waals surface area contributed by atoms with Crippen molar-refractivity contribution in [2.75, 3.05) is 6.26 Å². The second kappa shape index (κ2) is 1.73. The molecule has 0 amide bonds. The van der Waals surface area contributed by atoms with E-state index in [2.05, 4.69) is 0 Å². The molecule has 3 fully saturated rings. The lowest BCUT2D eigenvalue weighted by atomic mass is 9.43. The van der Waals surface area contributed by atoms with Crippen molar-refractivity contribution in [3.05, 3.63) is 0 Å². The molecule has 3 saturated carbocycles. The van der Waals surface area contributed by atoms with Crippen LogP contribution in [0.4, 0.5) is 13.2 Å². The standard InChI is InChI=1S/C7H9F3S/c1-11-6-2-5(3-6,4-6)7(8,9)10/h2-4H2,1H3. The van der Waals surface area contributed by atoms with Gasteiger partial charge in [-0.25, -0.2) is 0 Å². The summed E-state index contributed by atoms with van der Waals surface area (Å²) in [6.45, 7) is 0. The number of halogens is 3. The molecule has 4 heteroatoms. The SMILES string of the molecule is CSC12CC(C(F)(F)F)(C1)C2. The van der Waals surface area contributed by atoms with Crippen LogP contribution >= 0.6 is 11.8 Å². The van der Waals surface area contributed by atoms with Crippen LogP contribution in [0.15, 0.2) is 0 Å². The maximum atomic E-state index is 12.2. The minimum absolute atomic E-state index is 0.0233. The molecule has 0 saturated heterocycles. The number of alkyl halides is 3. The molecule has 0 heterocycles. The first kappa shape index (κ1) is 7.77. The summed E-state index contributed by atoms with van der Waals surface area (Å²) < 4.78 is 36.7. The molecule has 0 aliphatic heterocycles. The van der Waals surface area contributed by atoms with E-state index in [1.54, 1.807) is 11.8 Å². The van der Waals surface area contributed by atoms with E-state index in [9.17, 15) is 13.2 Å². The summed E-state index contributed by atoms with van der Waals surface area (Å²) in [4.78, 5) is 0. The molecule has 11 heavy (non-hydrogen) atoms. The lowest BCUT2D eigenvalue weighted by molar-refractivity contribution is -0.313. The highest BCUT2D eigenvalue weighted by Crippen LogP contribution is 2.77. The lowest BCUT2D eigenvalue weighted by Gasteiger charge is -2.69. The van der Waals surface area contributed by atoms with Crippen molar-refractivity contribution in [2.45, 2.75) is 30.2 Å². The van der Waals surface area contributed by atoms with Crippen molar-refractivity contribution >= 4 is 11.8 Å². The van der Waals surface area contributed by atoms with E-state index in [0.717, 1.165) is 0 Å². The smallest absolute Gasteiger partial charge is 0.171 e. The van der Waals surface area contributed by atoms with Crippen molar-refractivity contribution < 1.29 is 13.2 Å². The van der Waals surface area contributed by atoms with Gasteiger partial charge >= 0.3 is 6.18 Å². The zero-order valence-corrected chi connectivity index (χ0v) is 6.98. The molecule has 0 N–H and O–H groups in total. The van der Waals surface area contributed by atoms with Crippen LogP contribution in [0, 0.1) is 5.41 Å². The third kappa shape index (κ3) is 0.740. The number of rotatable bonds is 1. The van der Waals surface area contributed by atoms with Gasteiger partial charge in [0.05, 0.1) is 5.41 Å². The van der Waals surface area contributed by atoms with Gasteiger partial charge in [0.2, 0.25) is 0 Å². The van der Waals surface area contributed by atoms with Crippen LogP contribution in [0.25, 0.3) is 0 Å². The first-order valence-corrected chi connectivity index (χ1v) is 4.78. The van der Waals surface area contributed by atoms with E-state index in [1.807, 2.05) is 6.26 Å². The number of hydrogen-bond donors (Lipinski definition) is 0. The molecule has 2 bridgehead atoms. The Labute approximate surface area is 67.5 Å². The summed E-state index contributed by atoms with van der Waals surface area (Å²) in [5, 5.41) is 0. The highest BCUT2D eigenvalue weighted by Gasteiger charge is 2.78. The van der Waals surface area contributed by atoms with E-state index >= 15 is 0 Å². The Kier molecular flexibility index (Phi) is 1.22. The zero-order chi connectivity index (χ0) is 8.33. The summed E-state index contributed by atoms with van der Waals surface area (Å²) in [5.74, 6) is 0. The van der Waals surface area contributed by atoms with Crippen molar-refractivity contribution in [3.63, 3.8) is 0 Å². The molecule has 3 aliphatic carbocycles. The van der Waals surface area contributed by atoms with Gasteiger partial charge in [0.15, 0.2) is 0 Å². The maximum Gasteiger partial charge on any atom is 0.394 e. The fourth-order valence-corrected chi connectivity index (χ4v) is 3.47. The van der Waals surface area contributed by atoms with Crippen LogP contribution < -0.4 is 0 Å².